The van der Waals surface area contributed by atoms with Gasteiger partial charge in [-0.25, -0.2) is 4.98 Å². The summed E-state index contributed by atoms with van der Waals surface area (Å²) in [6.07, 6.45) is 5.50. The van der Waals surface area contributed by atoms with Gasteiger partial charge in [-0.05, 0) is 55.8 Å². The van der Waals surface area contributed by atoms with E-state index in [1.165, 1.54) is 6.42 Å². The van der Waals surface area contributed by atoms with Gasteiger partial charge in [-0.3, -0.25) is 4.79 Å². The van der Waals surface area contributed by atoms with Crippen molar-refractivity contribution in [2.45, 2.75) is 58.2 Å². The number of amides is 1. The van der Waals surface area contributed by atoms with Crippen LogP contribution in [0.2, 0.25) is 10.0 Å². The molecule has 1 amide bonds. The number of hydrogen-bond donors (Lipinski definition) is 3. The number of hydrogen-bond acceptors (Lipinski definition) is 7. The van der Waals surface area contributed by atoms with Crippen molar-refractivity contribution in [2.75, 3.05) is 49.5 Å². The predicted octanol–water partition coefficient (Wildman–Crippen LogP) is 3.86. The van der Waals surface area contributed by atoms with E-state index < -0.39 is 0 Å². The second-order valence-electron chi connectivity index (χ2n) is 10.5. The Labute approximate surface area is 229 Å². The number of benzene rings is 1. The van der Waals surface area contributed by atoms with Crippen LogP contribution >= 0.6 is 23.2 Å². The highest BCUT2D eigenvalue weighted by Gasteiger charge is 2.27. The summed E-state index contributed by atoms with van der Waals surface area (Å²) in [5, 5.41) is 11.3. The molecular formula is C27H37Cl2N7O. The Bertz CT molecular complexity index is 1110. The maximum absolute atomic E-state index is 11.3. The third-order valence-electron chi connectivity index (χ3n) is 7.81. The van der Waals surface area contributed by atoms with Crippen LogP contribution in [0.4, 0.5) is 11.8 Å². The molecule has 4 heterocycles. The first-order valence-electron chi connectivity index (χ1n) is 13.5. The van der Waals surface area contributed by atoms with Crippen LogP contribution in [0.25, 0.3) is 0 Å². The third-order valence-corrected chi connectivity index (χ3v) is 8.40. The summed E-state index contributed by atoms with van der Waals surface area (Å²) in [6.45, 7) is 9.04. The zero-order valence-electron chi connectivity index (χ0n) is 21.5. The molecule has 1 aromatic carbocycles. The van der Waals surface area contributed by atoms with Gasteiger partial charge in [0.2, 0.25) is 11.9 Å². The van der Waals surface area contributed by atoms with Gasteiger partial charge >= 0.3 is 0 Å². The smallest absolute Gasteiger partial charge is 0.227 e. The second-order valence-corrected chi connectivity index (χ2v) is 11.4. The second kappa shape index (κ2) is 12.2. The van der Waals surface area contributed by atoms with E-state index >= 15 is 0 Å². The molecule has 200 valence electrons. The number of nitrogens with zero attached hydrogens (tertiary/aromatic N) is 4. The lowest BCUT2D eigenvalue weighted by molar-refractivity contribution is -0.119. The first-order chi connectivity index (χ1) is 17.9. The van der Waals surface area contributed by atoms with Gasteiger partial charge in [0.1, 0.15) is 5.82 Å². The van der Waals surface area contributed by atoms with Crippen LogP contribution < -0.4 is 20.9 Å². The summed E-state index contributed by atoms with van der Waals surface area (Å²) in [5.74, 6) is 2.53. The van der Waals surface area contributed by atoms with Crippen molar-refractivity contribution in [1.29, 1.82) is 0 Å². The number of aromatic nitrogens is 2. The van der Waals surface area contributed by atoms with Crippen LogP contribution in [0.5, 0.6) is 0 Å². The van der Waals surface area contributed by atoms with E-state index in [1.54, 1.807) is 13.0 Å². The molecule has 1 aromatic heterocycles. The molecule has 0 aliphatic carbocycles. The Kier molecular flexibility index (Phi) is 8.70. The van der Waals surface area contributed by atoms with E-state index in [-0.39, 0.29) is 5.91 Å². The zero-order chi connectivity index (χ0) is 25.8. The number of likely N-dealkylation sites (tertiary alicyclic amines) is 1. The van der Waals surface area contributed by atoms with E-state index in [9.17, 15) is 4.79 Å². The van der Waals surface area contributed by atoms with Crippen molar-refractivity contribution in [1.82, 2.24) is 25.5 Å². The van der Waals surface area contributed by atoms with E-state index in [2.05, 4.69) is 25.8 Å². The quantitative estimate of drug-likeness (QED) is 0.464. The average Bonchev–Trinajstić information content (AvgIpc) is 3.33. The van der Waals surface area contributed by atoms with E-state index in [1.807, 2.05) is 12.1 Å². The maximum atomic E-state index is 11.3. The minimum absolute atomic E-state index is 0.0759. The number of piperidine rings is 1. The maximum Gasteiger partial charge on any atom is 0.227 e. The minimum Gasteiger partial charge on any atom is -0.365 e. The van der Waals surface area contributed by atoms with Crippen LogP contribution in [0.3, 0.4) is 0 Å². The Morgan fingerprint density at radius 3 is 2.78 bits per heavy atom. The van der Waals surface area contributed by atoms with E-state index in [4.69, 9.17) is 33.2 Å². The van der Waals surface area contributed by atoms with Gasteiger partial charge in [-0.2, -0.15) is 4.98 Å². The largest absolute Gasteiger partial charge is 0.365 e. The summed E-state index contributed by atoms with van der Waals surface area (Å²) >= 11 is 12.5. The first-order valence-corrected chi connectivity index (χ1v) is 14.2. The molecule has 2 aromatic rings. The monoisotopic (exact) mass is 545 g/mol. The van der Waals surface area contributed by atoms with Gasteiger partial charge in [-0.1, -0.05) is 29.3 Å². The summed E-state index contributed by atoms with van der Waals surface area (Å²) in [7, 11) is 0. The molecule has 0 bridgehead atoms. The van der Waals surface area contributed by atoms with Crippen LogP contribution in [0.15, 0.2) is 18.2 Å². The van der Waals surface area contributed by atoms with Crippen LogP contribution in [0.1, 0.15) is 49.4 Å². The molecule has 37 heavy (non-hydrogen) atoms. The number of carbonyl (C=O) groups is 1. The molecule has 8 nitrogen and oxygen atoms in total. The molecular weight excluding hydrogens is 509 g/mol. The molecule has 3 aliphatic rings. The van der Waals surface area contributed by atoms with Crippen molar-refractivity contribution in [3.05, 3.63) is 45.1 Å². The van der Waals surface area contributed by atoms with Crippen molar-refractivity contribution in [3.63, 3.8) is 0 Å². The normalized spacial score (nSPS) is 20.6. The number of rotatable bonds is 8. The highest BCUT2D eigenvalue weighted by atomic mass is 35.5. The Morgan fingerprint density at radius 1 is 1.16 bits per heavy atom. The fourth-order valence-corrected chi connectivity index (χ4v) is 6.16. The van der Waals surface area contributed by atoms with Crippen molar-refractivity contribution in [2.24, 2.45) is 5.92 Å². The molecule has 2 fully saturated rings. The third kappa shape index (κ3) is 6.85. The Balaban J connectivity index is 1.18. The fourth-order valence-electron chi connectivity index (χ4n) is 5.69. The van der Waals surface area contributed by atoms with Crippen molar-refractivity contribution in [3.8, 4) is 0 Å². The van der Waals surface area contributed by atoms with Gasteiger partial charge in [-0.15, -0.1) is 0 Å². The molecule has 1 atom stereocenters. The fraction of sp³-hybridized carbons (Fsp3) is 0.593. The predicted molar refractivity (Wildman–Crippen MR) is 149 cm³/mol. The minimum atomic E-state index is 0.0759. The molecule has 0 radical (unpaired) electrons. The Hall–Kier alpha value is -2.13. The number of carbonyl (C=O) groups excluding carboxylic acids is 1. The van der Waals surface area contributed by atoms with Gasteiger partial charge in [0.15, 0.2) is 0 Å². The van der Waals surface area contributed by atoms with E-state index in [0.29, 0.717) is 22.6 Å². The molecule has 0 spiro atoms. The summed E-state index contributed by atoms with van der Waals surface area (Å²) in [6, 6.07) is 5.91. The number of fused-ring (bicyclic) bond motifs is 1. The van der Waals surface area contributed by atoms with Gasteiger partial charge < -0.3 is 25.8 Å². The number of nitrogens with one attached hydrogen (secondary N) is 3. The van der Waals surface area contributed by atoms with Crippen molar-refractivity contribution < 1.29 is 4.79 Å². The molecule has 3 N–H and O–H groups in total. The number of anilines is 2. The molecule has 5 rings (SSSR count). The molecule has 2 saturated heterocycles. The van der Waals surface area contributed by atoms with Crippen LogP contribution in [-0.4, -0.2) is 66.1 Å². The van der Waals surface area contributed by atoms with Gasteiger partial charge in [0.25, 0.3) is 0 Å². The lowest BCUT2D eigenvalue weighted by Gasteiger charge is -2.33. The molecule has 3 aliphatic heterocycles. The summed E-state index contributed by atoms with van der Waals surface area (Å²) in [5.41, 5.74) is 3.28. The summed E-state index contributed by atoms with van der Waals surface area (Å²) in [4.78, 5) is 26.2. The Morgan fingerprint density at radius 2 is 2.00 bits per heavy atom. The SMILES string of the molecule is CC(=O)NC1CCN(CCC2CCN(c3nc4c(c(NCc5ccc(Cl)cc5Cl)n3)CNCC4)CC2)C1. The summed E-state index contributed by atoms with van der Waals surface area (Å²) < 4.78 is 0. The molecule has 0 saturated carbocycles. The van der Waals surface area contributed by atoms with E-state index in [0.717, 1.165) is 106 Å². The standard InChI is InChI=1S/C27H37Cl2N7O/c1-18(37)32-22-8-11-35(17-22)10-5-19-6-12-36(13-7-19)27-33-25-4-9-30-16-23(25)26(34-27)31-15-20-2-3-21(28)14-24(20)29/h2-3,14,19,22,30H,4-13,15-17H2,1H3,(H,32,37)(H,31,33,34). The lowest BCUT2D eigenvalue weighted by atomic mass is 9.93. The average molecular weight is 547 g/mol. The van der Waals surface area contributed by atoms with Crippen LogP contribution in [0, 0.1) is 5.92 Å². The van der Waals surface area contributed by atoms with Gasteiger partial charge in [0.05, 0.1) is 5.69 Å². The highest BCUT2D eigenvalue weighted by Crippen LogP contribution is 2.29. The topological polar surface area (TPSA) is 85.4 Å². The number of halogens is 2. The first kappa shape index (κ1) is 26.5. The van der Waals surface area contributed by atoms with Crippen molar-refractivity contribution >= 4 is 40.9 Å². The molecule has 10 heteroatoms. The lowest BCUT2D eigenvalue weighted by Crippen LogP contribution is -2.38. The zero-order valence-corrected chi connectivity index (χ0v) is 23.0. The molecule has 1 unspecified atom stereocenters. The highest BCUT2D eigenvalue weighted by molar-refractivity contribution is 6.35. The van der Waals surface area contributed by atoms with Crippen LogP contribution in [-0.2, 0) is 24.3 Å². The van der Waals surface area contributed by atoms with Gasteiger partial charge in [0, 0.05) is 80.8 Å².